The summed E-state index contributed by atoms with van der Waals surface area (Å²) in [6.07, 6.45) is 2.28. The van der Waals surface area contributed by atoms with Crippen LogP contribution in [-0.2, 0) is 10.0 Å². The molecular weight excluding hydrogens is 314 g/mol. The number of nitrogens with one attached hydrogen (secondary N) is 1. The molecular formula is C9H14BrNO3S2. The fourth-order valence-corrected chi connectivity index (χ4v) is 4.61. The number of aliphatic hydroxyl groups excluding tert-OH is 1. The zero-order valence-corrected chi connectivity index (χ0v) is 11.9. The molecule has 2 N–H and O–H groups in total. The van der Waals surface area contributed by atoms with Gasteiger partial charge in [-0.05, 0) is 46.6 Å². The molecule has 1 aromatic rings. The number of halogens is 1. The van der Waals surface area contributed by atoms with Crippen LogP contribution in [0.2, 0.25) is 0 Å². The quantitative estimate of drug-likeness (QED) is 0.752. The van der Waals surface area contributed by atoms with E-state index < -0.39 is 10.0 Å². The van der Waals surface area contributed by atoms with Gasteiger partial charge in [0.2, 0.25) is 0 Å². The molecule has 1 heterocycles. The smallest absolute Gasteiger partial charge is 0.251 e. The average Bonchev–Trinajstić information content (AvgIpc) is 2.65. The highest BCUT2D eigenvalue weighted by atomic mass is 79.9. The van der Waals surface area contributed by atoms with Gasteiger partial charge < -0.3 is 5.11 Å². The van der Waals surface area contributed by atoms with Crippen molar-refractivity contribution in [1.82, 2.24) is 4.72 Å². The summed E-state index contributed by atoms with van der Waals surface area (Å²) in [5.74, 6) is 0. The molecule has 0 saturated heterocycles. The van der Waals surface area contributed by atoms with Crippen LogP contribution in [0.1, 0.15) is 19.3 Å². The van der Waals surface area contributed by atoms with Crippen LogP contribution in [0.5, 0.6) is 0 Å². The molecule has 0 radical (unpaired) electrons. The van der Waals surface area contributed by atoms with Gasteiger partial charge in [-0.3, -0.25) is 0 Å². The van der Waals surface area contributed by atoms with Crippen LogP contribution < -0.4 is 4.72 Å². The topological polar surface area (TPSA) is 66.4 Å². The molecule has 0 aromatic carbocycles. The Labute approximate surface area is 108 Å². The predicted octanol–water partition coefficient (Wildman–Crippen LogP) is 1.95. The Morgan fingerprint density at radius 1 is 1.38 bits per heavy atom. The number of sulfonamides is 1. The molecule has 1 aromatic heterocycles. The van der Waals surface area contributed by atoms with E-state index in [-0.39, 0.29) is 6.61 Å². The first-order valence-corrected chi connectivity index (χ1v) is 8.07. The third kappa shape index (κ3) is 4.14. The van der Waals surface area contributed by atoms with Gasteiger partial charge in [0, 0.05) is 17.6 Å². The normalized spacial score (nSPS) is 11.9. The van der Waals surface area contributed by atoms with E-state index in [2.05, 4.69) is 20.7 Å². The predicted molar refractivity (Wildman–Crippen MR) is 68.1 cm³/mol. The molecule has 0 atom stereocenters. The second kappa shape index (κ2) is 6.70. The van der Waals surface area contributed by atoms with Gasteiger partial charge in [0.15, 0.2) is 0 Å². The molecule has 0 unspecified atom stereocenters. The fraction of sp³-hybridized carbons (Fsp3) is 0.556. The minimum atomic E-state index is -3.38. The van der Waals surface area contributed by atoms with Gasteiger partial charge in [0.1, 0.15) is 4.21 Å². The number of hydrogen-bond acceptors (Lipinski definition) is 4. The van der Waals surface area contributed by atoms with Crippen LogP contribution in [-0.4, -0.2) is 26.7 Å². The summed E-state index contributed by atoms with van der Waals surface area (Å²) in [7, 11) is -3.38. The lowest BCUT2D eigenvalue weighted by molar-refractivity contribution is 0.283. The Hall–Kier alpha value is 0.0500. The fourth-order valence-electron chi connectivity index (χ4n) is 1.16. The SMILES string of the molecule is O=S(=O)(NCCCCCO)c1sccc1Br. The summed E-state index contributed by atoms with van der Waals surface area (Å²) in [6, 6.07) is 1.71. The molecule has 0 aliphatic rings. The van der Waals surface area contributed by atoms with E-state index in [1.54, 1.807) is 11.4 Å². The average molecular weight is 328 g/mol. The molecule has 0 amide bonds. The van der Waals surface area contributed by atoms with Gasteiger partial charge in [0.05, 0.1) is 0 Å². The first kappa shape index (κ1) is 14.1. The highest BCUT2D eigenvalue weighted by Crippen LogP contribution is 2.27. The molecule has 1 rings (SSSR count). The maximum absolute atomic E-state index is 11.8. The molecule has 0 aliphatic carbocycles. The van der Waals surface area contributed by atoms with Gasteiger partial charge in [-0.1, -0.05) is 0 Å². The van der Waals surface area contributed by atoms with Gasteiger partial charge in [-0.25, -0.2) is 13.1 Å². The summed E-state index contributed by atoms with van der Waals surface area (Å²) in [5.41, 5.74) is 0. The van der Waals surface area contributed by atoms with Crippen molar-refractivity contribution in [3.63, 3.8) is 0 Å². The summed E-state index contributed by atoms with van der Waals surface area (Å²) < 4.78 is 27.0. The van der Waals surface area contributed by atoms with Crippen molar-refractivity contribution < 1.29 is 13.5 Å². The minimum Gasteiger partial charge on any atom is -0.396 e. The second-order valence-corrected chi connectivity index (χ2v) is 6.97. The van der Waals surface area contributed by atoms with Crippen molar-refractivity contribution in [2.75, 3.05) is 13.2 Å². The lowest BCUT2D eigenvalue weighted by atomic mass is 10.2. The Morgan fingerprint density at radius 2 is 2.12 bits per heavy atom. The first-order chi connectivity index (χ1) is 7.58. The first-order valence-electron chi connectivity index (χ1n) is 4.91. The van der Waals surface area contributed by atoms with E-state index in [4.69, 9.17) is 5.11 Å². The van der Waals surface area contributed by atoms with E-state index in [1.165, 1.54) is 11.3 Å². The van der Waals surface area contributed by atoms with Crippen molar-refractivity contribution in [3.05, 3.63) is 15.9 Å². The largest absolute Gasteiger partial charge is 0.396 e. The van der Waals surface area contributed by atoms with Crippen LogP contribution in [0.4, 0.5) is 0 Å². The summed E-state index contributed by atoms with van der Waals surface area (Å²) in [5, 5.41) is 10.3. The highest BCUT2D eigenvalue weighted by molar-refractivity contribution is 9.10. The van der Waals surface area contributed by atoms with Crippen LogP contribution in [0.15, 0.2) is 20.1 Å². The van der Waals surface area contributed by atoms with Gasteiger partial charge in [0.25, 0.3) is 10.0 Å². The zero-order chi connectivity index (χ0) is 12.0. The van der Waals surface area contributed by atoms with E-state index in [0.29, 0.717) is 21.6 Å². The maximum atomic E-state index is 11.8. The minimum absolute atomic E-state index is 0.156. The monoisotopic (exact) mass is 327 g/mol. The number of aliphatic hydroxyl groups is 1. The van der Waals surface area contributed by atoms with E-state index in [0.717, 1.165) is 12.8 Å². The second-order valence-electron chi connectivity index (χ2n) is 3.24. The van der Waals surface area contributed by atoms with Crippen molar-refractivity contribution >= 4 is 37.3 Å². The van der Waals surface area contributed by atoms with Crippen LogP contribution in [0, 0.1) is 0 Å². The zero-order valence-electron chi connectivity index (χ0n) is 8.65. The van der Waals surface area contributed by atoms with Crippen LogP contribution in [0.3, 0.4) is 0 Å². The molecule has 7 heteroatoms. The molecule has 0 spiro atoms. The van der Waals surface area contributed by atoms with Crippen molar-refractivity contribution in [3.8, 4) is 0 Å². The molecule has 0 saturated carbocycles. The Morgan fingerprint density at radius 3 is 2.69 bits per heavy atom. The molecule has 0 aliphatic heterocycles. The lowest BCUT2D eigenvalue weighted by Gasteiger charge is -2.04. The molecule has 4 nitrogen and oxygen atoms in total. The van der Waals surface area contributed by atoms with E-state index >= 15 is 0 Å². The number of unbranched alkanes of at least 4 members (excludes halogenated alkanes) is 2. The Bertz CT molecular complexity index is 416. The maximum Gasteiger partial charge on any atom is 0.251 e. The number of rotatable bonds is 7. The van der Waals surface area contributed by atoms with Crippen LogP contribution >= 0.6 is 27.3 Å². The highest BCUT2D eigenvalue weighted by Gasteiger charge is 2.17. The standard InChI is InChI=1S/C9H14BrNO3S2/c10-8-4-7-15-9(8)16(13,14)11-5-2-1-3-6-12/h4,7,11-12H,1-3,5-6H2. The summed E-state index contributed by atoms with van der Waals surface area (Å²) in [4.78, 5) is 0. The summed E-state index contributed by atoms with van der Waals surface area (Å²) in [6.45, 7) is 0.565. The molecule has 0 fully saturated rings. The third-order valence-electron chi connectivity index (χ3n) is 1.96. The van der Waals surface area contributed by atoms with Gasteiger partial charge >= 0.3 is 0 Å². The summed E-state index contributed by atoms with van der Waals surface area (Å²) >= 11 is 4.38. The lowest BCUT2D eigenvalue weighted by Crippen LogP contribution is -2.24. The van der Waals surface area contributed by atoms with Crippen LogP contribution in [0.25, 0.3) is 0 Å². The molecule has 0 bridgehead atoms. The van der Waals surface area contributed by atoms with Crippen molar-refractivity contribution in [1.29, 1.82) is 0 Å². The molecule has 92 valence electrons. The molecule has 16 heavy (non-hydrogen) atoms. The number of hydrogen-bond donors (Lipinski definition) is 2. The number of thiophene rings is 1. The van der Waals surface area contributed by atoms with Gasteiger partial charge in [-0.2, -0.15) is 0 Å². The van der Waals surface area contributed by atoms with Crippen molar-refractivity contribution in [2.24, 2.45) is 0 Å². The van der Waals surface area contributed by atoms with E-state index in [1.807, 2.05) is 0 Å². The third-order valence-corrected chi connectivity index (χ3v) is 6.09. The van der Waals surface area contributed by atoms with Crippen molar-refractivity contribution in [2.45, 2.75) is 23.5 Å². The van der Waals surface area contributed by atoms with E-state index in [9.17, 15) is 8.42 Å². The Kier molecular flexibility index (Phi) is 5.91. The Balaban J connectivity index is 2.45. The van der Waals surface area contributed by atoms with Gasteiger partial charge in [-0.15, -0.1) is 11.3 Å².